The van der Waals surface area contributed by atoms with Crippen LogP contribution in [0.25, 0.3) is 0 Å². The summed E-state index contributed by atoms with van der Waals surface area (Å²) in [6.45, 7) is 1.27. The second-order valence-corrected chi connectivity index (χ2v) is 3.47. The van der Waals surface area contributed by atoms with Gasteiger partial charge in [0.25, 0.3) is 0 Å². The summed E-state index contributed by atoms with van der Waals surface area (Å²) in [5.74, 6) is -3.79. The van der Waals surface area contributed by atoms with Crippen molar-refractivity contribution in [3.63, 3.8) is 0 Å². The van der Waals surface area contributed by atoms with Gasteiger partial charge in [0.15, 0.2) is 0 Å². The lowest BCUT2D eigenvalue weighted by Gasteiger charge is -2.05. The number of rotatable bonds is 2. The van der Waals surface area contributed by atoms with E-state index in [9.17, 15) is 18.0 Å². The molecule has 3 nitrogen and oxygen atoms in total. The van der Waals surface area contributed by atoms with Crippen molar-refractivity contribution < 1.29 is 23.1 Å². The third kappa shape index (κ3) is 2.29. The highest BCUT2D eigenvalue weighted by Crippen LogP contribution is 2.53. The van der Waals surface area contributed by atoms with E-state index in [4.69, 9.17) is 10.4 Å². The van der Waals surface area contributed by atoms with Crippen LogP contribution < -0.4 is 0 Å². The molecule has 82 valence electrons. The van der Waals surface area contributed by atoms with Crippen LogP contribution in [0.1, 0.15) is 13.3 Å². The summed E-state index contributed by atoms with van der Waals surface area (Å²) < 4.78 is 36.5. The number of halogens is 3. The molecule has 0 radical (unpaired) electrons. The second-order valence-electron chi connectivity index (χ2n) is 3.47. The summed E-state index contributed by atoms with van der Waals surface area (Å²) in [5.41, 5.74) is -0.556. The highest BCUT2D eigenvalue weighted by Gasteiger charge is 2.56. The van der Waals surface area contributed by atoms with Crippen molar-refractivity contribution in [1.82, 2.24) is 0 Å². The Morgan fingerprint density at radius 1 is 1.53 bits per heavy atom. The number of carbonyl (C=O) groups is 1. The Bertz CT molecular complexity index is 365. The molecule has 1 saturated carbocycles. The van der Waals surface area contributed by atoms with Crippen LogP contribution in [-0.2, 0) is 4.79 Å². The van der Waals surface area contributed by atoms with Gasteiger partial charge in [-0.15, -0.1) is 0 Å². The van der Waals surface area contributed by atoms with E-state index in [1.807, 2.05) is 0 Å². The molecule has 0 aromatic heterocycles. The zero-order valence-corrected chi connectivity index (χ0v) is 7.80. The minimum absolute atomic E-state index is 0.0207. The van der Waals surface area contributed by atoms with E-state index >= 15 is 0 Å². The maximum Gasteiger partial charge on any atom is 0.392 e. The third-order valence-electron chi connectivity index (χ3n) is 2.49. The molecular weight excluding hydrogens is 211 g/mol. The summed E-state index contributed by atoms with van der Waals surface area (Å²) in [6, 6.07) is 1.41. The lowest BCUT2D eigenvalue weighted by Crippen LogP contribution is -2.13. The van der Waals surface area contributed by atoms with Crippen LogP contribution in [0, 0.1) is 23.2 Å². The summed E-state index contributed by atoms with van der Waals surface area (Å²) in [6.07, 6.45) is -4.42. The monoisotopic (exact) mass is 219 g/mol. The van der Waals surface area contributed by atoms with Crippen molar-refractivity contribution in [1.29, 1.82) is 5.26 Å². The first-order valence-electron chi connectivity index (χ1n) is 4.20. The van der Waals surface area contributed by atoms with Gasteiger partial charge in [0.2, 0.25) is 0 Å². The van der Waals surface area contributed by atoms with E-state index in [1.54, 1.807) is 0 Å². The van der Waals surface area contributed by atoms with E-state index in [0.29, 0.717) is 0 Å². The highest BCUT2D eigenvalue weighted by atomic mass is 19.4. The number of alkyl halides is 3. The zero-order chi connectivity index (χ0) is 11.8. The Labute approximate surface area is 83.8 Å². The number of carboxylic acids is 1. The van der Waals surface area contributed by atoms with Gasteiger partial charge in [-0.05, 0) is 24.8 Å². The van der Waals surface area contributed by atoms with Crippen LogP contribution in [-0.4, -0.2) is 17.3 Å². The quantitative estimate of drug-likeness (QED) is 0.571. The number of hydrogen-bond donors (Lipinski definition) is 1. The fourth-order valence-electron chi connectivity index (χ4n) is 1.53. The number of aliphatic carboxylic acids is 1. The summed E-state index contributed by atoms with van der Waals surface area (Å²) in [5, 5.41) is 17.0. The number of nitrogens with zero attached hydrogens (tertiary/aromatic N) is 1. The van der Waals surface area contributed by atoms with Gasteiger partial charge in [-0.1, -0.05) is 0 Å². The van der Waals surface area contributed by atoms with Crippen molar-refractivity contribution in [2.24, 2.45) is 11.8 Å². The first-order chi connectivity index (χ1) is 6.79. The smallest absolute Gasteiger partial charge is 0.392 e. The number of carboxylic acid groups (broad SMARTS) is 1. The van der Waals surface area contributed by atoms with Gasteiger partial charge in [-0.3, -0.25) is 0 Å². The molecule has 2 atom stereocenters. The van der Waals surface area contributed by atoms with Gasteiger partial charge in [-0.2, -0.15) is 18.4 Å². The summed E-state index contributed by atoms with van der Waals surface area (Å²) >= 11 is 0. The van der Waals surface area contributed by atoms with E-state index in [-0.39, 0.29) is 12.0 Å². The molecule has 1 aliphatic rings. The molecule has 1 fully saturated rings. The minimum Gasteiger partial charge on any atom is -0.477 e. The summed E-state index contributed by atoms with van der Waals surface area (Å²) in [4.78, 5) is 10.5. The lowest BCUT2D eigenvalue weighted by molar-refractivity contribution is -0.150. The normalized spacial score (nSPS) is 26.6. The van der Waals surface area contributed by atoms with Crippen LogP contribution in [0.5, 0.6) is 0 Å². The largest absolute Gasteiger partial charge is 0.477 e. The molecule has 0 aromatic carbocycles. The number of allylic oxidation sites excluding steroid dienone is 1. The van der Waals surface area contributed by atoms with E-state index in [1.165, 1.54) is 13.0 Å². The van der Waals surface area contributed by atoms with Crippen molar-refractivity contribution in [2.45, 2.75) is 19.5 Å². The predicted molar refractivity (Wildman–Crippen MR) is 43.6 cm³/mol. The first kappa shape index (κ1) is 11.6. The van der Waals surface area contributed by atoms with Gasteiger partial charge in [0.1, 0.15) is 11.6 Å². The average molecular weight is 219 g/mol. The molecule has 6 heteroatoms. The Hall–Kier alpha value is -1.51. The zero-order valence-electron chi connectivity index (χ0n) is 7.80. The molecule has 1 rings (SSSR count). The SMILES string of the molecule is CC(=C(C#N)C(=O)O)C1CC1C(F)(F)F. The molecule has 2 unspecified atom stereocenters. The summed E-state index contributed by atoms with van der Waals surface area (Å²) in [7, 11) is 0. The molecule has 0 aliphatic heterocycles. The van der Waals surface area contributed by atoms with Crippen molar-refractivity contribution in [3.8, 4) is 6.07 Å². The van der Waals surface area contributed by atoms with Gasteiger partial charge < -0.3 is 5.11 Å². The van der Waals surface area contributed by atoms with Crippen LogP contribution in [0.3, 0.4) is 0 Å². The van der Waals surface area contributed by atoms with Gasteiger partial charge >= 0.3 is 12.1 Å². The molecule has 0 aromatic rings. The topological polar surface area (TPSA) is 61.1 Å². The molecule has 15 heavy (non-hydrogen) atoms. The second kappa shape index (κ2) is 3.57. The molecule has 0 spiro atoms. The van der Waals surface area contributed by atoms with Crippen LogP contribution in [0.15, 0.2) is 11.1 Å². The van der Waals surface area contributed by atoms with Gasteiger partial charge in [0.05, 0.1) is 5.92 Å². The fourth-order valence-corrected chi connectivity index (χ4v) is 1.53. The van der Waals surface area contributed by atoms with Crippen LogP contribution >= 0.6 is 0 Å². The molecule has 1 N–H and O–H groups in total. The van der Waals surface area contributed by atoms with E-state index in [2.05, 4.69) is 0 Å². The maximum absolute atomic E-state index is 12.2. The number of hydrogen-bond acceptors (Lipinski definition) is 2. The fraction of sp³-hybridized carbons (Fsp3) is 0.556. The van der Waals surface area contributed by atoms with E-state index in [0.717, 1.165) is 0 Å². The Morgan fingerprint density at radius 3 is 2.33 bits per heavy atom. The maximum atomic E-state index is 12.2. The van der Waals surface area contributed by atoms with Crippen LogP contribution in [0.2, 0.25) is 0 Å². The van der Waals surface area contributed by atoms with Crippen molar-refractivity contribution >= 4 is 5.97 Å². The molecule has 0 saturated heterocycles. The third-order valence-corrected chi connectivity index (χ3v) is 2.49. The number of nitriles is 1. The molecule has 0 heterocycles. The first-order valence-corrected chi connectivity index (χ1v) is 4.20. The molecule has 0 amide bonds. The highest BCUT2D eigenvalue weighted by molar-refractivity contribution is 5.92. The van der Waals surface area contributed by atoms with Crippen molar-refractivity contribution in [3.05, 3.63) is 11.1 Å². The van der Waals surface area contributed by atoms with E-state index < -0.39 is 29.6 Å². The minimum atomic E-state index is -4.30. The Kier molecular flexibility index (Phi) is 2.75. The Morgan fingerprint density at radius 2 is 2.07 bits per heavy atom. The van der Waals surface area contributed by atoms with Gasteiger partial charge in [-0.25, -0.2) is 4.79 Å². The lowest BCUT2D eigenvalue weighted by atomic mass is 10.1. The Balaban J connectivity index is 2.86. The standard InChI is InChI=1S/C9H8F3NO2/c1-4(6(3-13)8(14)15)5-2-7(5)9(10,11)12/h5,7H,2H2,1H3,(H,14,15). The van der Waals surface area contributed by atoms with Crippen LogP contribution in [0.4, 0.5) is 13.2 Å². The molecule has 0 bridgehead atoms. The predicted octanol–water partition coefficient (Wildman–Crippen LogP) is 2.11. The molecule has 1 aliphatic carbocycles. The van der Waals surface area contributed by atoms with Gasteiger partial charge in [0, 0.05) is 0 Å². The average Bonchev–Trinajstić information content (AvgIpc) is 2.81. The molecular formula is C9H8F3NO2. The van der Waals surface area contributed by atoms with Crippen molar-refractivity contribution in [2.75, 3.05) is 0 Å².